The van der Waals surface area contributed by atoms with Crippen molar-refractivity contribution in [1.82, 2.24) is 4.98 Å². The van der Waals surface area contributed by atoms with Gasteiger partial charge in [0.2, 0.25) is 0 Å². The fourth-order valence-electron chi connectivity index (χ4n) is 0.872. The van der Waals surface area contributed by atoms with Crippen LogP contribution in [0.3, 0.4) is 0 Å². The number of alkyl halides is 2. The molecule has 0 radical (unpaired) electrons. The molecule has 0 atom stereocenters. The highest BCUT2D eigenvalue weighted by Crippen LogP contribution is 2.26. The Labute approximate surface area is 73.4 Å². The smallest absolute Gasteiger partial charge is 0.284 e. The molecule has 0 aliphatic heterocycles. The Morgan fingerprint density at radius 2 is 2.23 bits per heavy atom. The minimum absolute atomic E-state index is 0.0133. The summed E-state index contributed by atoms with van der Waals surface area (Å²) in [5, 5.41) is 0. The van der Waals surface area contributed by atoms with Crippen molar-refractivity contribution < 1.29 is 18.3 Å². The van der Waals surface area contributed by atoms with Gasteiger partial charge in [0, 0.05) is 0 Å². The number of aldehydes is 1. The number of rotatable bonds is 3. The number of ether oxygens (including phenoxy) is 1. The number of carbonyl (C=O) groups is 1. The molecule has 0 bridgehead atoms. The summed E-state index contributed by atoms with van der Waals surface area (Å²) in [6.07, 6.45) is -2.33. The van der Waals surface area contributed by atoms with Crippen LogP contribution in [0.5, 0.6) is 5.75 Å². The first-order valence-electron chi connectivity index (χ1n) is 3.47. The molecule has 3 nitrogen and oxygen atoms in total. The van der Waals surface area contributed by atoms with Gasteiger partial charge in [-0.3, -0.25) is 4.79 Å². The quantitative estimate of drug-likeness (QED) is 0.677. The van der Waals surface area contributed by atoms with Crippen LogP contribution >= 0.6 is 0 Å². The van der Waals surface area contributed by atoms with Crippen LogP contribution in [0.25, 0.3) is 0 Å². The van der Waals surface area contributed by atoms with Crippen molar-refractivity contribution in [1.29, 1.82) is 0 Å². The molecule has 1 aromatic heterocycles. The Hall–Kier alpha value is -1.52. The first kappa shape index (κ1) is 9.57. The monoisotopic (exact) mass is 187 g/mol. The Balaban J connectivity index is 3.17. The molecule has 1 heterocycles. The Kier molecular flexibility index (Phi) is 2.89. The van der Waals surface area contributed by atoms with Gasteiger partial charge in [0.1, 0.15) is 17.1 Å². The van der Waals surface area contributed by atoms with Gasteiger partial charge in [-0.1, -0.05) is 0 Å². The van der Waals surface area contributed by atoms with Crippen molar-refractivity contribution in [3.05, 3.63) is 23.5 Å². The van der Waals surface area contributed by atoms with Gasteiger partial charge >= 0.3 is 0 Å². The Morgan fingerprint density at radius 3 is 2.69 bits per heavy atom. The van der Waals surface area contributed by atoms with Gasteiger partial charge in [-0.2, -0.15) is 0 Å². The van der Waals surface area contributed by atoms with E-state index in [1.807, 2.05) is 0 Å². The molecule has 0 spiro atoms. The first-order chi connectivity index (χ1) is 6.19. The molecule has 0 unspecified atom stereocenters. The second kappa shape index (κ2) is 3.93. The number of hydrogen-bond donors (Lipinski definition) is 0. The van der Waals surface area contributed by atoms with E-state index in [1.165, 1.54) is 19.2 Å². The molecule has 0 N–H and O–H groups in total. The average molecular weight is 187 g/mol. The van der Waals surface area contributed by atoms with Crippen LogP contribution in [0, 0.1) is 0 Å². The third-order valence-electron chi connectivity index (χ3n) is 1.45. The van der Waals surface area contributed by atoms with Gasteiger partial charge < -0.3 is 4.74 Å². The van der Waals surface area contributed by atoms with Crippen LogP contribution in [-0.2, 0) is 0 Å². The minimum Gasteiger partial charge on any atom is -0.495 e. The van der Waals surface area contributed by atoms with Crippen LogP contribution in [0.4, 0.5) is 8.78 Å². The highest BCUT2D eigenvalue weighted by Gasteiger charge is 2.15. The number of nitrogens with zero attached hydrogens (tertiary/aromatic N) is 1. The summed E-state index contributed by atoms with van der Waals surface area (Å²) in [4.78, 5) is 13.7. The first-order valence-corrected chi connectivity index (χ1v) is 3.47. The highest BCUT2D eigenvalue weighted by atomic mass is 19.3. The lowest BCUT2D eigenvalue weighted by molar-refractivity contribution is 0.111. The van der Waals surface area contributed by atoms with Crippen molar-refractivity contribution in [2.75, 3.05) is 7.11 Å². The molecule has 0 aliphatic carbocycles. The third-order valence-corrected chi connectivity index (χ3v) is 1.45. The van der Waals surface area contributed by atoms with Crippen LogP contribution in [-0.4, -0.2) is 18.4 Å². The maximum absolute atomic E-state index is 12.3. The van der Waals surface area contributed by atoms with E-state index in [1.54, 1.807) is 0 Å². The molecule has 0 amide bonds. The topological polar surface area (TPSA) is 39.2 Å². The molecular weight excluding hydrogens is 180 g/mol. The van der Waals surface area contributed by atoms with Gasteiger partial charge in [0.15, 0.2) is 6.29 Å². The van der Waals surface area contributed by atoms with Crippen LogP contribution in [0.2, 0.25) is 0 Å². The number of aromatic nitrogens is 1. The van der Waals surface area contributed by atoms with Gasteiger partial charge in [-0.25, -0.2) is 13.8 Å². The zero-order valence-corrected chi connectivity index (χ0v) is 6.83. The van der Waals surface area contributed by atoms with E-state index in [2.05, 4.69) is 9.72 Å². The SMILES string of the molecule is COc1ccc(C=O)nc1C(F)F. The van der Waals surface area contributed by atoms with Gasteiger partial charge in [-0.15, -0.1) is 0 Å². The predicted octanol–water partition coefficient (Wildman–Crippen LogP) is 1.84. The van der Waals surface area contributed by atoms with Crippen molar-refractivity contribution in [2.45, 2.75) is 6.43 Å². The second-order valence-electron chi connectivity index (χ2n) is 2.24. The molecule has 1 rings (SSSR count). The minimum atomic E-state index is -2.74. The maximum atomic E-state index is 12.3. The van der Waals surface area contributed by atoms with E-state index in [0.717, 1.165) is 0 Å². The van der Waals surface area contributed by atoms with Gasteiger partial charge in [-0.05, 0) is 12.1 Å². The number of halogens is 2. The molecule has 1 aromatic rings. The molecule has 0 fully saturated rings. The van der Waals surface area contributed by atoms with E-state index in [-0.39, 0.29) is 11.4 Å². The summed E-state index contributed by atoms with van der Waals surface area (Å²) >= 11 is 0. The second-order valence-corrected chi connectivity index (χ2v) is 2.24. The largest absolute Gasteiger partial charge is 0.495 e. The lowest BCUT2D eigenvalue weighted by Gasteiger charge is -2.06. The standard InChI is InChI=1S/C8H7F2NO2/c1-13-6-3-2-5(4-12)11-7(6)8(9)10/h2-4,8H,1H3. The zero-order chi connectivity index (χ0) is 9.84. The normalized spacial score (nSPS) is 10.2. The van der Waals surface area contributed by atoms with E-state index in [0.29, 0.717) is 6.29 Å². The van der Waals surface area contributed by atoms with E-state index >= 15 is 0 Å². The van der Waals surface area contributed by atoms with Crippen molar-refractivity contribution >= 4 is 6.29 Å². The van der Waals surface area contributed by atoms with Crippen LogP contribution < -0.4 is 4.74 Å². The summed E-state index contributed by atoms with van der Waals surface area (Å²) in [5.41, 5.74) is -0.539. The fourth-order valence-corrected chi connectivity index (χ4v) is 0.872. The number of pyridine rings is 1. The number of hydrogen-bond acceptors (Lipinski definition) is 3. The fraction of sp³-hybridized carbons (Fsp3) is 0.250. The molecule has 5 heteroatoms. The maximum Gasteiger partial charge on any atom is 0.284 e. The Morgan fingerprint density at radius 1 is 1.54 bits per heavy atom. The number of carbonyl (C=O) groups excluding carboxylic acids is 1. The van der Waals surface area contributed by atoms with Crippen molar-refractivity contribution in [3.63, 3.8) is 0 Å². The lowest BCUT2D eigenvalue weighted by atomic mass is 10.3. The van der Waals surface area contributed by atoms with Crippen molar-refractivity contribution in [2.24, 2.45) is 0 Å². The molecule has 0 saturated heterocycles. The third kappa shape index (κ3) is 1.99. The molecular formula is C8H7F2NO2. The summed E-state index contributed by atoms with van der Waals surface area (Å²) in [5.74, 6) is -0.0133. The summed E-state index contributed by atoms with van der Waals surface area (Å²) < 4.78 is 29.2. The molecule has 0 aromatic carbocycles. The van der Waals surface area contributed by atoms with Crippen LogP contribution in [0.1, 0.15) is 22.6 Å². The molecule has 0 saturated carbocycles. The van der Waals surface area contributed by atoms with E-state index in [4.69, 9.17) is 0 Å². The highest BCUT2D eigenvalue weighted by molar-refractivity contribution is 5.72. The van der Waals surface area contributed by atoms with Gasteiger partial charge in [0.05, 0.1) is 7.11 Å². The lowest BCUT2D eigenvalue weighted by Crippen LogP contribution is -1.99. The molecule has 70 valence electrons. The van der Waals surface area contributed by atoms with Crippen molar-refractivity contribution in [3.8, 4) is 5.75 Å². The Bertz CT molecular complexity index is 315. The van der Waals surface area contributed by atoms with Crippen LogP contribution in [0.15, 0.2) is 12.1 Å². The predicted molar refractivity (Wildman–Crippen MR) is 41.1 cm³/mol. The molecule has 0 aliphatic rings. The summed E-state index contributed by atoms with van der Waals surface area (Å²) in [6, 6.07) is 2.61. The van der Waals surface area contributed by atoms with Gasteiger partial charge in [0.25, 0.3) is 6.43 Å². The van der Waals surface area contributed by atoms with E-state index in [9.17, 15) is 13.6 Å². The van der Waals surface area contributed by atoms with E-state index < -0.39 is 12.1 Å². The summed E-state index contributed by atoms with van der Waals surface area (Å²) in [6.45, 7) is 0. The number of methoxy groups -OCH3 is 1. The average Bonchev–Trinajstić information content (AvgIpc) is 2.16. The zero-order valence-electron chi connectivity index (χ0n) is 6.83. The summed E-state index contributed by atoms with van der Waals surface area (Å²) in [7, 11) is 1.27. The molecule has 13 heavy (non-hydrogen) atoms.